The second-order valence-electron chi connectivity index (χ2n) is 5.05. The monoisotopic (exact) mass is 230 g/mol. The van der Waals surface area contributed by atoms with Gasteiger partial charge < -0.3 is 10.8 Å². The van der Waals surface area contributed by atoms with Gasteiger partial charge in [-0.15, -0.1) is 0 Å². The van der Waals surface area contributed by atoms with Gasteiger partial charge in [-0.25, -0.2) is 0 Å². The smallest absolute Gasteiger partial charge is 0.0873 e. The highest BCUT2D eigenvalue weighted by molar-refractivity contribution is 5.85. The molecule has 3 N–H and O–H groups in total. The molecule has 1 atom stereocenters. The summed E-state index contributed by atoms with van der Waals surface area (Å²) in [7, 11) is 0. The zero-order valence-electron chi connectivity index (χ0n) is 10.2. The Bertz CT molecular complexity index is 517. The van der Waals surface area contributed by atoms with E-state index in [1.807, 2.05) is 38.1 Å². The fourth-order valence-corrected chi connectivity index (χ4v) is 1.89. The molecule has 17 heavy (non-hydrogen) atoms. The van der Waals surface area contributed by atoms with Gasteiger partial charge >= 0.3 is 0 Å². The molecule has 90 valence electrons. The van der Waals surface area contributed by atoms with Crippen LogP contribution in [0.25, 0.3) is 10.8 Å². The van der Waals surface area contributed by atoms with Crippen LogP contribution in [0, 0.1) is 5.41 Å². The maximum absolute atomic E-state index is 10.4. The molecule has 3 nitrogen and oxygen atoms in total. The van der Waals surface area contributed by atoms with Crippen molar-refractivity contribution in [3.05, 3.63) is 42.2 Å². The summed E-state index contributed by atoms with van der Waals surface area (Å²) >= 11 is 0. The molecule has 0 amide bonds. The number of aliphatic hydroxyl groups is 1. The van der Waals surface area contributed by atoms with Crippen LogP contribution in [0.1, 0.15) is 25.5 Å². The molecular weight excluding hydrogens is 212 g/mol. The average molecular weight is 230 g/mol. The fraction of sp³-hybridized carbons (Fsp3) is 0.357. The van der Waals surface area contributed by atoms with Gasteiger partial charge in [0.1, 0.15) is 0 Å². The quantitative estimate of drug-likeness (QED) is 0.850. The van der Waals surface area contributed by atoms with Crippen molar-refractivity contribution < 1.29 is 5.11 Å². The molecule has 0 aliphatic rings. The standard InChI is InChI=1S/C14H18N2O/c1-14(2,9-15)13(17)12-8-16-7-10-5-3-4-6-11(10)12/h3-8,13,17H,9,15H2,1-2H3. The largest absolute Gasteiger partial charge is 0.388 e. The molecule has 2 aromatic rings. The van der Waals surface area contributed by atoms with Gasteiger partial charge in [0.15, 0.2) is 0 Å². The predicted molar refractivity (Wildman–Crippen MR) is 69.5 cm³/mol. The van der Waals surface area contributed by atoms with Gasteiger partial charge in [-0.1, -0.05) is 38.1 Å². The Morgan fingerprint density at radius 2 is 2.00 bits per heavy atom. The number of nitrogens with zero attached hydrogens (tertiary/aromatic N) is 1. The van der Waals surface area contributed by atoms with Crippen molar-refractivity contribution in [2.75, 3.05) is 6.54 Å². The Balaban J connectivity index is 2.56. The second kappa shape index (κ2) is 4.43. The summed E-state index contributed by atoms with van der Waals surface area (Å²) in [6.45, 7) is 4.34. The van der Waals surface area contributed by atoms with Gasteiger partial charge in [0.25, 0.3) is 0 Å². The lowest BCUT2D eigenvalue weighted by atomic mass is 9.82. The lowest BCUT2D eigenvalue weighted by Gasteiger charge is -2.29. The van der Waals surface area contributed by atoms with E-state index >= 15 is 0 Å². The first-order chi connectivity index (χ1) is 8.06. The van der Waals surface area contributed by atoms with Crippen molar-refractivity contribution in [2.45, 2.75) is 20.0 Å². The van der Waals surface area contributed by atoms with Gasteiger partial charge in [-0.2, -0.15) is 0 Å². The van der Waals surface area contributed by atoms with E-state index in [-0.39, 0.29) is 5.41 Å². The molecule has 0 saturated carbocycles. The highest BCUT2D eigenvalue weighted by Crippen LogP contribution is 2.35. The number of fused-ring (bicyclic) bond motifs is 1. The van der Waals surface area contributed by atoms with Gasteiger partial charge in [0.05, 0.1) is 6.10 Å². The molecule has 2 rings (SSSR count). The molecule has 0 aliphatic heterocycles. The van der Waals surface area contributed by atoms with E-state index in [1.54, 1.807) is 12.4 Å². The van der Waals surface area contributed by atoms with Crippen LogP contribution >= 0.6 is 0 Å². The van der Waals surface area contributed by atoms with E-state index in [2.05, 4.69) is 4.98 Å². The number of benzene rings is 1. The molecule has 0 radical (unpaired) electrons. The number of hydrogen-bond donors (Lipinski definition) is 2. The third-order valence-corrected chi connectivity index (χ3v) is 3.26. The van der Waals surface area contributed by atoms with Crippen LogP contribution in [0.15, 0.2) is 36.7 Å². The maximum Gasteiger partial charge on any atom is 0.0873 e. The fourth-order valence-electron chi connectivity index (χ4n) is 1.89. The number of hydrogen-bond acceptors (Lipinski definition) is 3. The second-order valence-corrected chi connectivity index (χ2v) is 5.05. The van der Waals surface area contributed by atoms with Crippen LogP contribution in [-0.4, -0.2) is 16.6 Å². The van der Waals surface area contributed by atoms with Crippen molar-refractivity contribution in [3.63, 3.8) is 0 Å². The van der Waals surface area contributed by atoms with E-state index in [4.69, 9.17) is 5.73 Å². The first kappa shape index (κ1) is 12.0. The van der Waals surface area contributed by atoms with Crippen LogP contribution in [0.4, 0.5) is 0 Å². The van der Waals surface area contributed by atoms with Crippen molar-refractivity contribution >= 4 is 10.8 Å². The topological polar surface area (TPSA) is 59.1 Å². The first-order valence-corrected chi connectivity index (χ1v) is 5.77. The number of rotatable bonds is 3. The van der Waals surface area contributed by atoms with Crippen molar-refractivity contribution in [1.82, 2.24) is 4.98 Å². The molecule has 1 heterocycles. The normalized spacial score (nSPS) is 13.9. The Kier molecular flexibility index (Phi) is 3.13. The van der Waals surface area contributed by atoms with Crippen LogP contribution < -0.4 is 5.73 Å². The van der Waals surface area contributed by atoms with Gasteiger partial charge in [0, 0.05) is 35.3 Å². The molecule has 0 bridgehead atoms. The molecule has 0 aliphatic carbocycles. The number of pyridine rings is 1. The zero-order chi connectivity index (χ0) is 12.5. The molecule has 0 saturated heterocycles. The van der Waals surface area contributed by atoms with Crippen LogP contribution in [0.5, 0.6) is 0 Å². The van der Waals surface area contributed by atoms with E-state index < -0.39 is 6.10 Å². The van der Waals surface area contributed by atoms with Crippen LogP contribution in [-0.2, 0) is 0 Å². The predicted octanol–water partition coefficient (Wildman–Crippen LogP) is 2.25. The third-order valence-electron chi connectivity index (χ3n) is 3.26. The third kappa shape index (κ3) is 2.16. The lowest BCUT2D eigenvalue weighted by Crippen LogP contribution is -2.30. The summed E-state index contributed by atoms with van der Waals surface area (Å²) in [6.07, 6.45) is 2.93. The van der Waals surface area contributed by atoms with Gasteiger partial charge in [-0.05, 0) is 5.39 Å². The molecule has 0 fully saturated rings. The minimum atomic E-state index is -0.605. The summed E-state index contributed by atoms with van der Waals surface area (Å²) in [5, 5.41) is 12.5. The molecule has 1 unspecified atom stereocenters. The van der Waals surface area contributed by atoms with Gasteiger partial charge in [-0.3, -0.25) is 4.98 Å². The van der Waals surface area contributed by atoms with Gasteiger partial charge in [0.2, 0.25) is 0 Å². The Labute approximate surface area is 101 Å². The number of aliphatic hydroxyl groups excluding tert-OH is 1. The highest BCUT2D eigenvalue weighted by atomic mass is 16.3. The van der Waals surface area contributed by atoms with E-state index in [0.717, 1.165) is 16.3 Å². The van der Waals surface area contributed by atoms with Crippen molar-refractivity contribution in [1.29, 1.82) is 0 Å². The molecular formula is C14H18N2O. The Morgan fingerprint density at radius 1 is 1.29 bits per heavy atom. The van der Waals surface area contributed by atoms with Crippen molar-refractivity contribution in [2.24, 2.45) is 11.1 Å². The highest BCUT2D eigenvalue weighted by Gasteiger charge is 2.28. The summed E-state index contributed by atoms with van der Waals surface area (Å²) in [5.74, 6) is 0. The SMILES string of the molecule is CC(C)(CN)C(O)c1cncc2ccccc12. The maximum atomic E-state index is 10.4. The molecule has 1 aromatic heterocycles. The number of nitrogens with two attached hydrogens (primary N) is 1. The molecule has 0 spiro atoms. The minimum absolute atomic E-state index is 0.355. The minimum Gasteiger partial charge on any atom is -0.388 e. The summed E-state index contributed by atoms with van der Waals surface area (Å²) in [6, 6.07) is 7.93. The van der Waals surface area contributed by atoms with E-state index in [0.29, 0.717) is 6.54 Å². The van der Waals surface area contributed by atoms with E-state index in [1.165, 1.54) is 0 Å². The summed E-state index contributed by atoms with van der Waals surface area (Å²) < 4.78 is 0. The molecule has 1 aromatic carbocycles. The Hall–Kier alpha value is -1.45. The lowest BCUT2D eigenvalue weighted by molar-refractivity contribution is 0.0565. The average Bonchev–Trinajstić information content (AvgIpc) is 2.37. The van der Waals surface area contributed by atoms with Crippen LogP contribution in [0.3, 0.4) is 0 Å². The molecule has 3 heteroatoms. The summed E-state index contributed by atoms with van der Waals surface area (Å²) in [4.78, 5) is 4.18. The van der Waals surface area contributed by atoms with Crippen LogP contribution in [0.2, 0.25) is 0 Å². The van der Waals surface area contributed by atoms with E-state index in [9.17, 15) is 5.11 Å². The Morgan fingerprint density at radius 3 is 2.71 bits per heavy atom. The summed E-state index contributed by atoms with van der Waals surface area (Å²) in [5.41, 5.74) is 6.20. The van der Waals surface area contributed by atoms with Crippen molar-refractivity contribution in [3.8, 4) is 0 Å². The number of aromatic nitrogens is 1. The zero-order valence-corrected chi connectivity index (χ0v) is 10.2. The first-order valence-electron chi connectivity index (χ1n) is 5.77.